The summed E-state index contributed by atoms with van der Waals surface area (Å²) in [5, 5.41) is 6.81. The number of hydrogen-bond acceptors (Lipinski definition) is 5. The molecule has 84 valence electrons. The molecule has 0 aromatic heterocycles. The summed E-state index contributed by atoms with van der Waals surface area (Å²) >= 11 is 0.693. The zero-order valence-electron chi connectivity index (χ0n) is 7.41. The van der Waals surface area contributed by atoms with E-state index >= 15 is 0 Å². The second-order valence-electron chi connectivity index (χ2n) is 2.53. The number of rotatable bonds is 5. The van der Waals surface area contributed by atoms with Crippen LogP contribution in [0.3, 0.4) is 0 Å². The van der Waals surface area contributed by atoms with Gasteiger partial charge in [0.05, 0.1) is 6.35 Å². The summed E-state index contributed by atoms with van der Waals surface area (Å²) in [5.41, 5.74) is 0. The molecule has 2 unspecified atom stereocenters. The molecule has 0 rings (SSSR count). The van der Waals surface area contributed by atoms with Gasteiger partial charge in [0.2, 0.25) is 0 Å². The van der Waals surface area contributed by atoms with Gasteiger partial charge in [0.25, 0.3) is 0 Å². The smallest absolute Gasteiger partial charge is 0.336 e. The topological polar surface area (TPSA) is 112 Å². The molecular formula is C5H12O6P2S. The lowest BCUT2D eigenvalue weighted by Gasteiger charge is -2.15. The molecule has 0 saturated carbocycles. The van der Waals surface area contributed by atoms with Gasteiger partial charge in [0.15, 0.2) is 5.12 Å². The summed E-state index contributed by atoms with van der Waals surface area (Å²) in [5.74, 6) is -0.224. The van der Waals surface area contributed by atoms with Crippen molar-refractivity contribution in [3.05, 3.63) is 0 Å². The van der Waals surface area contributed by atoms with Crippen LogP contribution in [0.25, 0.3) is 0 Å². The monoisotopic (exact) mass is 262 g/mol. The van der Waals surface area contributed by atoms with Crippen LogP contribution in [-0.2, 0) is 13.9 Å². The summed E-state index contributed by atoms with van der Waals surface area (Å²) in [7, 11) is -7.26. The van der Waals surface area contributed by atoms with E-state index in [1.165, 1.54) is 6.92 Å². The number of hydrogen-bond donors (Lipinski definition) is 3. The highest BCUT2D eigenvalue weighted by Gasteiger charge is 2.33. The third kappa shape index (κ3) is 5.29. The van der Waals surface area contributed by atoms with Crippen LogP contribution in [0.1, 0.15) is 6.92 Å². The van der Waals surface area contributed by atoms with Gasteiger partial charge in [-0.2, -0.15) is 0 Å². The van der Waals surface area contributed by atoms with Crippen molar-refractivity contribution in [3.63, 3.8) is 0 Å². The molecular weight excluding hydrogens is 250 g/mol. The summed E-state index contributed by atoms with van der Waals surface area (Å²) in [6.45, 7) is 1.25. The lowest BCUT2D eigenvalue weighted by atomic mass is 10.9. The summed E-state index contributed by atoms with van der Waals surface area (Å²) < 4.78 is 21.9. The van der Waals surface area contributed by atoms with E-state index < -0.39 is 27.1 Å². The van der Waals surface area contributed by atoms with E-state index in [0.717, 1.165) is 0 Å². The van der Waals surface area contributed by atoms with E-state index in [0.29, 0.717) is 11.8 Å². The van der Waals surface area contributed by atoms with Crippen molar-refractivity contribution in [2.24, 2.45) is 0 Å². The van der Waals surface area contributed by atoms with Crippen molar-refractivity contribution in [3.8, 4) is 0 Å². The van der Waals surface area contributed by atoms with E-state index in [9.17, 15) is 13.9 Å². The average Bonchev–Trinajstić information content (AvgIpc) is 2.01. The Morgan fingerprint density at radius 2 is 2.07 bits per heavy atom. The standard InChI is InChI=1S/C5H12O6P2S/c1-4(7)14-2-5(12(8)3-6)13(9,10)11/h5-6,12H,2-3H2,1H3,(H2,9,10,11). The molecule has 0 spiro atoms. The number of aliphatic hydroxyl groups excluding tert-OH is 1. The van der Waals surface area contributed by atoms with Crippen LogP contribution in [0.4, 0.5) is 0 Å². The molecule has 0 aliphatic rings. The second kappa shape index (κ2) is 6.05. The van der Waals surface area contributed by atoms with Crippen molar-refractivity contribution >= 4 is 32.3 Å². The van der Waals surface area contributed by atoms with Gasteiger partial charge >= 0.3 is 7.60 Å². The molecule has 2 atom stereocenters. The Labute approximate surface area is 86.0 Å². The molecule has 0 aliphatic carbocycles. The summed E-state index contributed by atoms with van der Waals surface area (Å²) in [6.07, 6.45) is -0.751. The predicted molar refractivity (Wildman–Crippen MR) is 55.1 cm³/mol. The first-order valence-electron chi connectivity index (χ1n) is 3.61. The fourth-order valence-electron chi connectivity index (χ4n) is 0.679. The highest BCUT2D eigenvalue weighted by molar-refractivity contribution is 8.14. The van der Waals surface area contributed by atoms with Crippen LogP contribution in [0.2, 0.25) is 0 Å². The van der Waals surface area contributed by atoms with Gasteiger partial charge in [-0.3, -0.25) is 9.36 Å². The minimum Gasteiger partial charge on any atom is -0.389 e. The molecule has 6 nitrogen and oxygen atoms in total. The fraction of sp³-hybridized carbons (Fsp3) is 0.800. The zero-order valence-corrected chi connectivity index (χ0v) is 10.1. The molecule has 0 heterocycles. The Balaban J connectivity index is 4.50. The zero-order chi connectivity index (χ0) is 11.4. The molecule has 0 bridgehead atoms. The van der Waals surface area contributed by atoms with E-state index in [4.69, 9.17) is 14.9 Å². The van der Waals surface area contributed by atoms with Gasteiger partial charge in [-0.1, -0.05) is 11.8 Å². The number of aliphatic hydroxyl groups is 1. The first kappa shape index (κ1) is 14.4. The SMILES string of the molecule is CC(=O)SCC([PH](=O)CO)P(=O)(O)O. The number of thioether (sulfide) groups is 1. The second-order valence-corrected chi connectivity index (χ2v) is 7.96. The van der Waals surface area contributed by atoms with Crippen molar-refractivity contribution in [1.82, 2.24) is 0 Å². The molecule has 0 aromatic carbocycles. The van der Waals surface area contributed by atoms with Gasteiger partial charge in [0, 0.05) is 12.7 Å². The predicted octanol–water partition coefficient (Wildman–Crippen LogP) is 0.279. The highest BCUT2D eigenvalue weighted by atomic mass is 32.2. The normalized spacial score (nSPS) is 16.3. The largest absolute Gasteiger partial charge is 0.389 e. The quantitative estimate of drug-likeness (QED) is 0.610. The van der Waals surface area contributed by atoms with E-state index in [1.807, 2.05) is 0 Å². The Kier molecular flexibility index (Phi) is 6.21. The first-order chi connectivity index (χ1) is 6.29. The Hall–Kier alpha value is 0.360. The van der Waals surface area contributed by atoms with Crippen LogP contribution in [0.15, 0.2) is 0 Å². The van der Waals surface area contributed by atoms with Crippen LogP contribution < -0.4 is 0 Å². The van der Waals surface area contributed by atoms with Crippen LogP contribution in [-0.4, -0.2) is 37.5 Å². The van der Waals surface area contributed by atoms with Crippen molar-refractivity contribution in [2.75, 3.05) is 12.1 Å². The molecule has 14 heavy (non-hydrogen) atoms. The Morgan fingerprint density at radius 1 is 1.57 bits per heavy atom. The maximum Gasteiger partial charge on any atom is 0.336 e. The van der Waals surface area contributed by atoms with Crippen LogP contribution in [0, 0.1) is 0 Å². The summed E-state index contributed by atoms with van der Waals surface area (Å²) in [6, 6.07) is 0. The van der Waals surface area contributed by atoms with Crippen molar-refractivity contribution in [2.45, 2.75) is 12.3 Å². The Bertz CT molecular complexity index is 273. The highest BCUT2D eigenvalue weighted by Crippen LogP contribution is 2.54. The molecule has 0 radical (unpaired) electrons. The van der Waals surface area contributed by atoms with Gasteiger partial charge < -0.3 is 19.5 Å². The molecule has 0 fully saturated rings. The third-order valence-electron chi connectivity index (χ3n) is 1.38. The van der Waals surface area contributed by atoms with Gasteiger partial charge in [-0.15, -0.1) is 0 Å². The van der Waals surface area contributed by atoms with Gasteiger partial charge in [-0.25, -0.2) is 0 Å². The van der Waals surface area contributed by atoms with Gasteiger partial charge in [-0.05, 0) is 0 Å². The van der Waals surface area contributed by atoms with E-state index in [2.05, 4.69) is 0 Å². The molecule has 0 aliphatic heterocycles. The van der Waals surface area contributed by atoms with Crippen molar-refractivity contribution < 1.29 is 28.8 Å². The molecule has 0 saturated heterocycles. The molecule has 0 aromatic rings. The minimum absolute atomic E-state index is 0.224. The number of carbonyl (C=O) groups is 1. The third-order valence-corrected chi connectivity index (χ3v) is 6.95. The minimum atomic E-state index is -4.51. The Morgan fingerprint density at radius 3 is 2.36 bits per heavy atom. The first-order valence-corrected chi connectivity index (χ1v) is 7.97. The lowest BCUT2D eigenvalue weighted by molar-refractivity contribution is -0.109. The summed E-state index contributed by atoms with van der Waals surface area (Å²) in [4.78, 5) is 28.1. The molecule has 3 N–H and O–H groups in total. The molecule has 0 amide bonds. The lowest BCUT2D eigenvalue weighted by Crippen LogP contribution is -2.09. The van der Waals surface area contributed by atoms with Crippen molar-refractivity contribution in [1.29, 1.82) is 0 Å². The number of carbonyl (C=O) groups excluding carboxylic acids is 1. The maximum atomic E-state index is 11.1. The van der Waals surface area contributed by atoms with E-state index in [-0.39, 0.29) is 10.9 Å². The van der Waals surface area contributed by atoms with Crippen LogP contribution in [0.5, 0.6) is 0 Å². The van der Waals surface area contributed by atoms with Crippen LogP contribution >= 0.6 is 27.2 Å². The average molecular weight is 262 g/mol. The maximum absolute atomic E-state index is 11.1. The van der Waals surface area contributed by atoms with E-state index in [1.54, 1.807) is 0 Å². The fourth-order valence-corrected chi connectivity index (χ4v) is 5.02. The molecule has 9 heteroatoms. The van der Waals surface area contributed by atoms with Gasteiger partial charge in [0.1, 0.15) is 13.2 Å².